The molecule has 3 rings (SSSR count). The first-order valence-corrected chi connectivity index (χ1v) is 8.13. The lowest BCUT2D eigenvalue weighted by atomic mass is 9.99. The van der Waals surface area contributed by atoms with E-state index in [0.717, 1.165) is 16.9 Å². The van der Waals surface area contributed by atoms with E-state index in [2.05, 4.69) is 15.6 Å². The number of nitrogens with zero attached hydrogens (tertiary/aromatic N) is 2. The van der Waals surface area contributed by atoms with Gasteiger partial charge in [-0.1, -0.05) is 0 Å². The molecule has 0 bridgehead atoms. The molecular formula is C16H18N4O2S. The Bertz CT molecular complexity index is 824. The summed E-state index contributed by atoms with van der Waals surface area (Å²) < 4.78 is 1.85. The second-order valence-electron chi connectivity index (χ2n) is 5.66. The van der Waals surface area contributed by atoms with Crippen molar-refractivity contribution < 1.29 is 9.90 Å². The SMILES string of the molecule is Cc1cn2cc(NC(=O)NC[C@@](C)(O)c3ccsc3)ccc2n1. The molecule has 0 fully saturated rings. The number of thiophene rings is 1. The van der Waals surface area contributed by atoms with Crippen molar-refractivity contribution in [3.63, 3.8) is 0 Å². The minimum Gasteiger partial charge on any atom is -0.384 e. The summed E-state index contributed by atoms with van der Waals surface area (Å²) in [7, 11) is 0. The Balaban J connectivity index is 1.62. The van der Waals surface area contributed by atoms with E-state index in [1.165, 1.54) is 11.3 Å². The third-order valence-corrected chi connectivity index (χ3v) is 4.25. The minimum absolute atomic E-state index is 0.127. The van der Waals surface area contributed by atoms with Crippen LogP contribution in [0.15, 0.2) is 41.4 Å². The largest absolute Gasteiger partial charge is 0.384 e. The van der Waals surface area contributed by atoms with Crippen LogP contribution >= 0.6 is 11.3 Å². The first kappa shape index (κ1) is 15.5. The molecular weight excluding hydrogens is 312 g/mol. The fourth-order valence-electron chi connectivity index (χ4n) is 2.29. The number of carbonyl (C=O) groups is 1. The van der Waals surface area contributed by atoms with E-state index in [1.807, 2.05) is 40.4 Å². The van der Waals surface area contributed by atoms with Crippen LogP contribution in [0.1, 0.15) is 18.2 Å². The van der Waals surface area contributed by atoms with Crippen LogP contribution in [0.5, 0.6) is 0 Å². The second kappa shape index (κ2) is 6.02. The number of amides is 2. The third kappa shape index (κ3) is 3.52. The maximum atomic E-state index is 12.0. The van der Waals surface area contributed by atoms with Crippen LogP contribution in [0.4, 0.5) is 10.5 Å². The van der Waals surface area contributed by atoms with Crippen LogP contribution < -0.4 is 10.6 Å². The van der Waals surface area contributed by atoms with Gasteiger partial charge in [-0.25, -0.2) is 9.78 Å². The number of carbonyl (C=O) groups excluding carboxylic acids is 1. The van der Waals surface area contributed by atoms with Gasteiger partial charge in [0.1, 0.15) is 11.2 Å². The molecule has 120 valence electrons. The van der Waals surface area contributed by atoms with Gasteiger partial charge in [0.05, 0.1) is 17.9 Å². The summed E-state index contributed by atoms with van der Waals surface area (Å²) in [5.74, 6) is 0. The van der Waals surface area contributed by atoms with Crippen LogP contribution in [0, 0.1) is 6.92 Å². The van der Waals surface area contributed by atoms with Crippen molar-refractivity contribution in [1.82, 2.24) is 14.7 Å². The van der Waals surface area contributed by atoms with E-state index in [9.17, 15) is 9.90 Å². The summed E-state index contributed by atoms with van der Waals surface area (Å²) in [6.07, 6.45) is 3.69. The Labute approximate surface area is 137 Å². The second-order valence-corrected chi connectivity index (χ2v) is 6.44. The molecule has 0 unspecified atom stereocenters. The molecule has 1 atom stereocenters. The van der Waals surface area contributed by atoms with E-state index in [4.69, 9.17) is 0 Å². The van der Waals surface area contributed by atoms with Gasteiger partial charge in [0.2, 0.25) is 0 Å². The number of pyridine rings is 1. The smallest absolute Gasteiger partial charge is 0.319 e. The molecule has 7 heteroatoms. The number of nitrogens with one attached hydrogen (secondary N) is 2. The number of fused-ring (bicyclic) bond motifs is 1. The van der Waals surface area contributed by atoms with Gasteiger partial charge in [-0.15, -0.1) is 0 Å². The van der Waals surface area contributed by atoms with Gasteiger partial charge in [0.25, 0.3) is 0 Å². The molecule has 23 heavy (non-hydrogen) atoms. The summed E-state index contributed by atoms with van der Waals surface area (Å²) >= 11 is 1.51. The predicted molar refractivity (Wildman–Crippen MR) is 90.8 cm³/mol. The maximum absolute atomic E-state index is 12.0. The standard InChI is InChI=1S/C16H18N4O2S/c1-11-7-20-8-13(3-4-14(20)18-11)19-15(21)17-10-16(2,22)12-5-6-23-9-12/h3-9,22H,10H2,1-2H3,(H2,17,19,21)/t16-/m1/s1. The van der Waals surface area contributed by atoms with E-state index in [1.54, 1.807) is 19.2 Å². The van der Waals surface area contributed by atoms with Gasteiger partial charge in [-0.2, -0.15) is 11.3 Å². The third-order valence-electron chi connectivity index (χ3n) is 3.57. The summed E-state index contributed by atoms with van der Waals surface area (Å²) in [5.41, 5.74) is 2.09. The van der Waals surface area contributed by atoms with Gasteiger partial charge in [0.15, 0.2) is 0 Å². The number of aryl methyl sites for hydroxylation is 1. The summed E-state index contributed by atoms with van der Waals surface area (Å²) in [4.78, 5) is 16.3. The molecule has 3 aromatic rings. The number of hydrogen-bond acceptors (Lipinski definition) is 4. The van der Waals surface area contributed by atoms with Crippen LogP contribution in [0.2, 0.25) is 0 Å². The Morgan fingerprint density at radius 3 is 2.96 bits per heavy atom. The molecule has 0 spiro atoms. The number of imidazole rings is 1. The zero-order valence-corrected chi connectivity index (χ0v) is 13.7. The van der Waals surface area contributed by atoms with Crippen molar-refractivity contribution in [2.75, 3.05) is 11.9 Å². The number of urea groups is 1. The predicted octanol–water partition coefficient (Wildman–Crippen LogP) is 2.73. The molecule has 0 aromatic carbocycles. The molecule has 0 saturated heterocycles. The number of anilines is 1. The van der Waals surface area contributed by atoms with Crippen molar-refractivity contribution in [1.29, 1.82) is 0 Å². The molecule has 0 aliphatic heterocycles. The monoisotopic (exact) mass is 330 g/mol. The average molecular weight is 330 g/mol. The number of aliphatic hydroxyl groups is 1. The molecule has 3 N–H and O–H groups in total. The molecule has 0 radical (unpaired) electrons. The molecule has 2 amide bonds. The van der Waals surface area contributed by atoms with Gasteiger partial charge in [0, 0.05) is 12.4 Å². The van der Waals surface area contributed by atoms with E-state index in [0.29, 0.717) is 5.69 Å². The van der Waals surface area contributed by atoms with Crippen LogP contribution in [0.25, 0.3) is 5.65 Å². The van der Waals surface area contributed by atoms with Gasteiger partial charge < -0.3 is 20.1 Å². The number of aromatic nitrogens is 2. The molecule has 0 aliphatic rings. The van der Waals surface area contributed by atoms with Crippen molar-refractivity contribution in [3.8, 4) is 0 Å². The molecule has 0 saturated carbocycles. The lowest BCUT2D eigenvalue weighted by Gasteiger charge is -2.22. The minimum atomic E-state index is -1.09. The van der Waals surface area contributed by atoms with Crippen molar-refractivity contribution in [3.05, 3.63) is 52.6 Å². The van der Waals surface area contributed by atoms with E-state index in [-0.39, 0.29) is 12.6 Å². The topological polar surface area (TPSA) is 78.7 Å². The zero-order chi connectivity index (χ0) is 16.4. The van der Waals surface area contributed by atoms with Crippen LogP contribution in [-0.2, 0) is 5.60 Å². The van der Waals surface area contributed by atoms with Gasteiger partial charge >= 0.3 is 6.03 Å². The highest BCUT2D eigenvalue weighted by molar-refractivity contribution is 7.08. The van der Waals surface area contributed by atoms with E-state index < -0.39 is 5.60 Å². The fraction of sp³-hybridized carbons (Fsp3) is 0.250. The van der Waals surface area contributed by atoms with Crippen molar-refractivity contribution >= 4 is 28.7 Å². The Kier molecular flexibility index (Phi) is 4.06. The summed E-state index contributed by atoms with van der Waals surface area (Å²) in [6, 6.07) is 5.11. The molecule has 0 aliphatic carbocycles. The van der Waals surface area contributed by atoms with Crippen LogP contribution in [0.3, 0.4) is 0 Å². The zero-order valence-electron chi connectivity index (χ0n) is 12.9. The van der Waals surface area contributed by atoms with Crippen LogP contribution in [-0.4, -0.2) is 27.1 Å². The molecule has 3 heterocycles. The quantitative estimate of drug-likeness (QED) is 0.688. The fourth-order valence-corrected chi connectivity index (χ4v) is 3.08. The Morgan fingerprint density at radius 2 is 2.22 bits per heavy atom. The average Bonchev–Trinajstić information content (AvgIpc) is 3.13. The van der Waals surface area contributed by atoms with Crippen molar-refractivity contribution in [2.45, 2.75) is 19.4 Å². The Morgan fingerprint density at radius 1 is 1.39 bits per heavy atom. The van der Waals surface area contributed by atoms with Gasteiger partial charge in [-0.05, 0) is 48.4 Å². The summed E-state index contributed by atoms with van der Waals surface area (Å²) in [5, 5.41) is 19.6. The lowest BCUT2D eigenvalue weighted by Crippen LogP contribution is -2.40. The highest BCUT2D eigenvalue weighted by atomic mass is 32.1. The first-order chi connectivity index (χ1) is 10.9. The lowest BCUT2D eigenvalue weighted by molar-refractivity contribution is 0.0604. The number of rotatable bonds is 4. The highest BCUT2D eigenvalue weighted by Gasteiger charge is 2.24. The first-order valence-electron chi connectivity index (χ1n) is 7.19. The normalized spacial score (nSPS) is 13.7. The molecule has 6 nitrogen and oxygen atoms in total. The highest BCUT2D eigenvalue weighted by Crippen LogP contribution is 2.22. The molecule has 3 aromatic heterocycles. The van der Waals surface area contributed by atoms with Gasteiger partial charge in [-0.3, -0.25) is 0 Å². The maximum Gasteiger partial charge on any atom is 0.319 e. The Hall–Kier alpha value is -2.38. The van der Waals surface area contributed by atoms with E-state index >= 15 is 0 Å². The van der Waals surface area contributed by atoms with Crippen molar-refractivity contribution in [2.24, 2.45) is 0 Å². The number of hydrogen-bond donors (Lipinski definition) is 3. The summed E-state index contributed by atoms with van der Waals surface area (Å²) in [6.45, 7) is 3.72.